The molecule has 1 atom stereocenters. The lowest BCUT2D eigenvalue weighted by Gasteiger charge is -2.36. The Kier molecular flexibility index (Phi) is 7.93. The number of hydrogen-bond donors (Lipinski definition) is 1. The number of benzene rings is 3. The number of nitrogens with one attached hydrogen (secondary N) is 1. The zero-order chi connectivity index (χ0) is 24.8. The van der Waals surface area contributed by atoms with Crippen molar-refractivity contribution < 1.29 is 14.3 Å². The van der Waals surface area contributed by atoms with Crippen LogP contribution in [0, 0.1) is 0 Å². The quantitative estimate of drug-likeness (QED) is 0.401. The number of anilines is 2. The lowest BCUT2D eigenvalue weighted by molar-refractivity contribution is -0.117. The molecular formula is C28H30ClN3O3. The second-order valence-electron chi connectivity index (χ2n) is 8.58. The van der Waals surface area contributed by atoms with Gasteiger partial charge in [0.2, 0.25) is 5.91 Å². The molecule has 1 aliphatic heterocycles. The fourth-order valence-electron chi connectivity index (χ4n) is 4.46. The lowest BCUT2D eigenvalue weighted by atomic mass is 9.95. The first-order chi connectivity index (χ1) is 17.0. The van der Waals surface area contributed by atoms with E-state index in [4.69, 9.17) is 16.3 Å². The molecule has 6 nitrogen and oxygen atoms in total. The monoisotopic (exact) mass is 491 g/mol. The van der Waals surface area contributed by atoms with E-state index < -0.39 is 0 Å². The molecule has 1 unspecified atom stereocenters. The molecular weight excluding hydrogens is 462 g/mol. The third-order valence-corrected chi connectivity index (χ3v) is 6.49. The number of carbonyl (C=O) groups excluding carboxylic acids is 2. The topological polar surface area (TPSA) is 61.9 Å². The van der Waals surface area contributed by atoms with E-state index in [9.17, 15) is 9.59 Å². The van der Waals surface area contributed by atoms with E-state index in [2.05, 4.69) is 5.32 Å². The van der Waals surface area contributed by atoms with Gasteiger partial charge in [0.05, 0.1) is 24.4 Å². The van der Waals surface area contributed by atoms with Gasteiger partial charge in [-0.3, -0.25) is 9.69 Å². The minimum Gasteiger partial charge on any atom is -0.497 e. The number of amides is 3. The summed E-state index contributed by atoms with van der Waals surface area (Å²) in [5, 5.41) is 3.72. The third-order valence-electron chi connectivity index (χ3n) is 6.25. The summed E-state index contributed by atoms with van der Waals surface area (Å²) in [5.74, 6) is 0.192. The van der Waals surface area contributed by atoms with Crippen molar-refractivity contribution in [2.75, 3.05) is 30.4 Å². The Morgan fingerprint density at radius 2 is 1.86 bits per heavy atom. The van der Waals surface area contributed by atoms with Gasteiger partial charge in [-0.25, -0.2) is 4.79 Å². The third kappa shape index (κ3) is 5.77. The zero-order valence-corrected chi connectivity index (χ0v) is 20.8. The van der Waals surface area contributed by atoms with Crippen LogP contribution in [0.4, 0.5) is 16.2 Å². The maximum absolute atomic E-state index is 13.5. The van der Waals surface area contributed by atoms with E-state index in [-0.39, 0.29) is 17.9 Å². The van der Waals surface area contributed by atoms with Gasteiger partial charge in [0.15, 0.2) is 0 Å². The molecule has 3 amide bonds. The van der Waals surface area contributed by atoms with E-state index in [0.717, 1.165) is 17.5 Å². The number of nitrogens with zero attached hydrogens (tertiary/aromatic N) is 2. The van der Waals surface area contributed by atoms with Crippen molar-refractivity contribution in [1.82, 2.24) is 4.90 Å². The number of rotatable bonds is 8. The molecule has 7 heteroatoms. The Bertz CT molecular complexity index is 1190. The Labute approximate surface area is 211 Å². The summed E-state index contributed by atoms with van der Waals surface area (Å²) < 4.78 is 5.41. The van der Waals surface area contributed by atoms with Crippen LogP contribution in [0.3, 0.4) is 0 Å². The van der Waals surface area contributed by atoms with Crippen LogP contribution in [0.2, 0.25) is 5.02 Å². The van der Waals surface area contributed by atoms with E-state index >= 15 is 0 Å². The van der Waals surface area contributed by atoms with Crippen LogP contribution < -0.4 is 15.0 Å². The summed E-state index contributed by atoms with van der Waals surface area (Å²) >= 11 is 6.14. The van der Waals surface area contributed by atoms with Crippen LogP contribution in [0.5, 0.6) is 5.75 Å². The van der Waals surface area contributed by atoms with Crippen molar-refractivity contribution in [3.05, 3.63) is 88.9 Å². The summed E-state index contributed by atoms with van der Waals surface area (Å²) in [6.07, 6.45) is 1.47. The number of hydrogen-bond acceptors (Lipinski definition) is 3. The number of halogens is 1. The molecule has 0 saturated carbocycles. The second-order valence-corrected chi connectivity index (χ2v) is 9.02. The van der Waals surface area contributed by atoms with Crippen LogP contribution in [0.1, 0.15) is 36.8 Å². The van der Waals surface area contributed by atoms with Crippen LogP contribution in [-0.2, 0) is 11.3 Å². The van der Waals surface area contributed by atoms with Crippen LogP contribution in [0.15, 0.2) is 72.8 Å². The predicted molar refractivity (Wildman–Crippen MR) is 140 cm³/mol. The molecule has 1 aliphatic rings. The molecule has 3 aromatic carbocycles. The van der Waals surface area contributed by atoms with Gasteiger partial charge in [-0.15, -0.1) is 0 Å². The predicted octanol–water partition coefficient (Wildman–Crippen LogP) is 6.31. The van der Waals surface area contributed by atoms with Crippen molar-refractivity contribution in [3.8, 4) is 5.75 Å². The highest BCUT2D eigenvalue weighted by molar-refractivity contribution is 6.30. The molecule has 1 N–H and O–H groups in total. The highest BCUT2D eigenvalue weighted by Crippen LogP contribution is 2.34. The molecule has 1 fully saturated rings. The number of ether oxygens (including phenoxy) is 1. The maximum atomic E-state index is 13.5. The molecule has 182 valence electrons. The van der Waals surface area contributed by atoms with E-state index in [0.29, 0.717) is 48.2 Å². The SMILES string of the molecule is CCC(C(=O)Nc1cc(OC)ccc1N1CCCN(Cc2cccc(Cl)c2)C1=O)c1ccccc1. The molecule has 1 saturated heterocycles. The highest BCUT2D eigenvalue weighted by atomic mass is 35.5. The first kappa shape index (κ1) is 24.6. The molecule has 0 aliphatic carbocycles. The van der Waals surface area contributed by atoms with E-state index in [1.165, 1.54) is 0 Å². The molecule has 4 rings (SSSR count). The van der Waals surface area contributed by atoms with Crippen LogP contribution in [-0.4, -0.2) is 37.0 Å². The summed E-state index contributed by atoms with van der Waals surface area (Å²) in [6.45, 7) is 3.69. The van der Waals surface area contributed by atoms with Crippen molar-refractivity contribution in [1.29, 1.82) is 0 Å². The second kappa shape index (κ2) is 11.3. The van der Waals surface area contributed by atoms with Gasteiger partial charge in [-0.05, 0) is 48.2 Å². The molecule has 0 spiro atoms. The first-order valence-corrected chi connectivity index (χ1v) is 12.2. The molecule has 0 aromatic heterocycles. The van der Waals surface area contributed by atoms with Gasteiger partial charge in [0.1, 0.15) is 5.75 Å². The first-order valence-electron chi connectivity index (χ1n) is 11.8. The average molecular weight is 492 g/mol. The summed E-state index contributed by atoms with van der Waals surface area (Å²) in [6, 6.07) is 22.6. The average Bonchev–Trinajstić information content (AvgIpc) is 2.87. The number of urea groups is 1. The fraction of sp³-hybridized carbons (Fsp3) is 0.286. The van der Waals surface area contributed by atoms with Gasteiger partial charge in [-0.1, -0.05) is 61.0 Å². The van der Waals surface area contributed by atoms with Gasteiger partial charge < -0.3 is 15.0 Å². The van der Waals surface area contributed by atoms with Crippen molar-refractivity contribution >= 4 is 34.9 Å². The Balaban J connectivity index is 1.59. The number of methoxy groups -OCH3 is 1. The van der Waals surface area contributed by atoms with Crippen LogP contribution in [0.25, 0.3) is 0 Å². The van der Waals surface area contributed by atoms with Crippen molar-refractivity contribution in [3.63, 3.8) is 0 Å². The standard InChI is InChI=1S/C28H30ClN3O3/c1-3-24(21-10-5-4-6-11-21)27(33)30-25-18-23(35-2)13-14-26(25)32-16-8-15-31(28(32)34)19-20-9-7-12-22(29)17-20/h4-7,9-14,17-18,24H,3,8,15-16,19H2,1-2H3,(H,30,33). The van der Waals surface area contributed by atoms with Crippen LogP contribution >= 0.6 is 11.6 Å². The fourth-order valence-corrected chi connectivity index (χ4v) is 4.68. The van der Waals surface area contributed by atoms with E-state index in [1.807, 2.05) is 78.6 Å². The van der Waals surface area contributed by atoms with E-state index in [1.54, 1.807) is 18.1 Å². The number of carbonyl (C=O) groups is 2. The van der Waals surface area contributed by atoms with Gasteiger partial charge in [0, 0.05) is 30.7 Å². The Morgan fingerprint density at radius 3 is 2.57 bits per heavy atom. The smallest absolute Gasteiger partial charge is 0.324 e. The molecule has 1 heterocycles. The van der Waals surface area contributed by atoms with Crippen molar-refractivity contribution in [2.45, 2.75) is 32.2 Å². The maximum Gasteiger partial charge on any atom is 0.324 e. The Morgan fingerprint density at radius 1 is 1.06 bits per heavy atom. The zero-order valence-electron chi connectivity index (χ0n) is 20.0. The molecule has 35 heavy (non-hydrogen) atoms. The normalized spacial score (nSPS) is 14.5. The minimum atomic E-state index is -0.299. The molecule has 0 bridgehead atoms. The Hall–Kier alpha value is -3.51. The van der Waals surface area contributed by atoms with Gasteiger partial charge >= 0.3 is 6.03 Å². The summed E-state index contributed by atoms with van der Waals surface area (Å²) in [4.78, 5) is 30.4. The summed E-state index contributed by atoms with van der Waals surface area (Å²) in [7, 11) is 1.58. The van der Waals surface area contributed by atoms with Gasteiger partial charge in [0.25, 0.3) is 0 Å². The largest absolute Gasteiger partial charge is 0.497 e. The van der Waals surface area contributed by atoms with Gasteiger partial charge in [-0.2, -0.15) is 0 Å². The summed E-state index contributed by atoms with van der Waals surface area (Å²) in [5.41, 5.74) is 3.15. The minimum absolute atomic E-state index is 0.105. The molecule has 3 aromatic rings. The lowest BCUT2D eigenvalue weighted by Crippen LogP contribution is -2.49. The highest BCUT2D eigenvalue weighted by Gasteiger charge is 2.29. The van der Waals surface area contributed by atoms with Crippen molar-refractivity contribution in [2.24, 2.45) is 0 Å². The molecule has 0 radical (unpaired) electrons.